The van der Waals surface area contributed by atoms with Crippen molar-refractivity contribution in [1.29, 1.82) is 0 Å². The summed E-state index contributed by atoms with van der Waals surface area (Å²) in [5.74, 6) is -0.107. The minimum absolute atomic E-state index is 0.0455. The molecule has 0 aromatic heterocycles. The standard InChI is InChI=1S/C10H7IO2/c1-6(12)9-10(13)7-4-2-3-5-8(7)11-9/h2-5H,1H3. The predicted molar refractivity (Wildman–Crippen MR) is 59.2 cm³/mol. The molecule has 0 saturated heterocycles. The van der Waals surface area contributed by atoms with Crippen LogP contribution in [0.2, 0.25) is 0 Å². The monoisotopic (exact) mass is 286 g/mol. The number of rotatable bonds is 1. The highest BCUT2D eigenvalue weighted by Crippen LogP contribution is 2.27. The molecule has 0 unspecified atom stereocenters. The largest absolute Gasteiger partial charge is 0.294 e. The molecule has 0 atom stereocenters. The maximum atomic E-state index is 11.6. The van der Waals surface area contributed by atoms with E-state index < -0.39 is 20.7 Å². The summed E-state index contributed by atoms with van der Waals surface area (Å²) in [7, 11) is 0. The highest BCUT2D eigenvalue weighted by atomic mass is 127. The van der Waals surface area contributed by atoms with Crippen LogP contribution in [0.4, 0.5) is 0 Å². The number of hydrogen-bond donors (Lipinski definition) is 0. The molecular formula is C10H7IO2. The van der Waals surface area contributed by atoms with E-state index in [1.165, 1.54) is 6.92 Å². The zero-order valence-corrected chi connectivity index (χ0v) is 9.16. The minimum Gasteiger partial charge on any atom is -0.294 e. The normalized spacial score (nSPS) is 14.5. The van der Waals surface area contributed by atoms with Gasteiger partial charge in [-0.1, -0.05) is 32.9 Å². The quantitative estimate of drug-likeness (QED) is 0.737. The van der Waals surface area contributed by atoms with E-state index in [9.17, 15) is 9.59 Å². The fourth-order valence-corrected chi connectivity index (χ4v) is 3.82. The summed E-state index contributed by atoms with van der Waals surface area (Å²) in [6, 6.07) is 7.49. The summed E-state index contributed by atoms with van der Waals surface area (Å²) in [5, 5.41) is 0. The minimum atomic E-state index is -0.506. The summed E-state index contributed by atoms with van der Waals surface area (Å²) in [5.41, 5.74) is 0.737. The second kappa shape index (κ2) is 3.14. The summed E-state index contributed by atoms with van der Waals surface area (Å²) < 4.78 is 1.61. The Morgan fingerprint density at radius 3 is 2.62 bits per heavy atom. The number of Topliss-reactive ketones (excluding diaryl/α,β-unsaturated/α-hetero) is 2. The first-order valence-corrected chi connectivity index (χ1v) is 6.02. The van der Waals surface area contributed by atoms with E-state index in [0.29, 0.717) is 3.51 Å². The maximum Gasteiger partial charge on any atom is 0.203 e. The number of benzene rings is 1. The molecule has 0 spiro atoms. The Bertz CT molecular complexity index is 432. The molecule has 2 nitrogen and oxygen atoms in total. The van der Waals surface area contributed by atoms with Gasteiger partial charge in [-0.05, 0) is 19.1 Å². The van der Waals surface area contributed by atoms with E-state index >= 15 is 0 Å². The van der Waals surface area contributed by atoms with Crippen molar-refractivity contribution in [2.24, 2.45) is 0 Å². The smallest absolute Gasteiger partial charge is 0.203 e. The maximum absolute atomic E-state index is 11.6. The van der Waals surface area contributed by atoms with Gasteiger partial charge in [0.1, 0.15) is 0 Å². The zero-order valence-electron chi connectivity index (χ0n) is 7.00. The Balaban J connectivity index is 2.57. The Kier molecular flexibility index (Phi) is 2.11. The average molecular weight is 286 g/mol. The van der Waals surface area contributed by atoms with Gasteiger partial charge in [-0.2, -0.15) is 0 Å². The highest BCUT2D eigenvalue weighted by molar-refractivity contribution is 14.2. The van der Waals surface area contributed by atoms with Gasteiger partial charge in [-0.25, -0.2) is 0 Å². The molecule has 0 saturated carbocycles. The lowest BCUT2D eigenvalue weighted by Crippen LogP contribution is -2.16. The van der Waals surface area contributed by atoms with Gasteiger partial charge in [0, 0.05) is 9.13 Å². The first-order chi connectivity index (χ1) is 6.20. The van der Waals surface area contributed by atoms with Crippen molar-refractivity contribution in [3.63, 3.8) is 0 Å². The number of carbonyl (C=O) groups is 2. The predicted octanol–water partition coefficient (Wildman–Crippen LogP) is 1.78. The lowest BCUT2D eigenvalue weighted by atomic mass is 10.1. The number of halogens is 1. The van der Waals surface area contributed by atoms with Crippen LogP contribution in [0.5, 0.6) is 0 Å². The number of fused-ring (bicyclic) bond motifs is 1. The van der Waals surface area contributed by atoms with Crippen molar-refractivity contribution in [2.75, 3.05) is 0 Å². The topological polar surface area (TPSA) is 34.1 Å². The summed E-state index contributed by atoms with van der Waals surface area (Å²) in [6.07, 6.45) is 0. The van der Waals surface area contributed by atoms with Crippen molar-refractivity contribution in [2.45, 2.75) is 6.92 Å². The second-order valence-electron chi connectivity index (χ2n) is 2.77. The van der Waals surface area contributed by atoms with E-state index in [4.69, 9.17) is 0 Å². The molecule has 2 rings (SSSR count). The highest BCUT2D eigenvalue weighted by Gasteiger charge is 2.25. The molecule has 1 aromatic carbocycles. The van der Waals surface area contributed by atoms with Gasteiger partial charge in [0.15, 0.2) is 5.78 Å². The molecule has 0 aliphatic carbocycles. The molecule has 1 aliphatic heterocycles. The molecule has 0 bridgehead atoms. The lowest BCUT2D eigenvalue weighted by molar-refractivity contribution is -0.110. The van der Waals surface area contributed by atoms with Crippen molar-refractivity contribution >= 4 is 35.8 Å². The van der Waals surface area contributed by atoms with E-state index in [1.807, 2.05) is 18.2 Å². The van der Waals surface area contributed by atoms with Crippen molar-refractivity contribution < 1.29 is 9.59 Å². The zero-order chi connectivity index (χ0) is 9.42. The van der Waals surface area contributed by atoms with E-state index in [1.54, 1.807) is 6.07 Å². The van der Waals surface area contributed by atoms with Crippen LogP contribution in [0.25, 0.3) is 0 Å². The third-order valence-electron chi connectivity index (χ3n) is 1.82. The van der Waals surface area contributed by atoms with Crippen LogP contribution in [0.3, 0.4) is 0 Å². The van der Waals surface area contributed by atoms with Crippen LogP contribution < -0.4 is 0 Å². The Morgan fingerprint density at radius 2 is 2.00 bits per heavy atom. The van der Waals surface area contributed by atoms with Gasteiger partial charge in [0.2, 0.25) is 5.78 Å². The first kappa shape index (κ1) is 8.74. The molecule has 1 heterocycles. The van der Waals surface area contributed by atoms with Gasteiger partial charge >= 0.3 is 0 Å². The van der Waals surface area contributed by atoms with Crippen LogP contribution in [0.1, 0.15) is 17.3 Å². The van der Waals surface area contributed by atoms with Crippen LogP contribution in [-0.4, -0.2) is 15.1 Å². The van der Waals surface area contributed by atoms with Gasteiger partial charge in [-0.3, -0.25) is 9.59 Å². The van der Waals surface area contributed by atoms with Crippen molar-refractivity contribution in [3.8, 4) is 0 Å². The molecule has 3 heteroatoms. The molecule has 0 N–H and O–H groups in total. The lowest BCUT2D eigenvalue weighted by Gasteiger charge is -1.93. The van der Waals surface area contributed by atoms with Crippen molar-refractivity contribution in [1.82, 2.24) is 0 Å². The molecule has 13 heavy (non-hydrogen) atoms. The van der Waals surface area contributed by atoms with Crippen LogP contribution >= 0.6 is 20.7 Å². The van der Waals surface area contributed by atoms with E-state index in [2.05, 4.69) is 0 Å². The van der Waals surface area contributed by atoms with Crippen LogP contribution in [0, 0.1) is 3.57 Å². The SMILES string of the molecule is CC(=O)C1=Ic2ccccc2C1=O. The number of hydrogen-bond acceptors (Lipinski definition) is 2. The third kappa shape index (κ3) is 1.37. The molecule has 0 amide bonds. The average Bonchev–Trinajstić information content (AvgIpc) is 2.45. The second-order valence-corrected chi connectivity index (χ2v) is 5.55. The molecule has 66 valence electrons. The molecule has 1 aliphatic rings. The number of carbonyl (C=O) groups excluding carboxylic acids is 2. The molecule has 0 fully saturated rings. The summed E-state index contributed by atoms with van der Waals surface area (Å²) in [4.78, 5) is 22.7. The Labute approximate surface area is 85.7 Å². The van der Waals surface area contributed by atoms with Gasteiger partial charge in [0.05, 0.1) is 3.51 Å². The third-order valence-corrected chi connectivity index (χ3v) is 5.13. The van der Waals surface area contributed by atoms with Crippen LogP contribution in [-0.2, 0) is 4.79 Å². The molecule has 0 radical (unpaired) electrons. The van der Waals surface area contributed by atoms with Gasteiger partial charge < -0.3 is 0 Å². The molecule has 1 aromatic rings. The van der Waals surface area contributed by atoms with E-state index in [0.717, 1.165) is 9.13 Å². The van der Waals surface area contributed by atoms with Gasteiger partial charge in [-0.15, -0.1) is 0 Å². The van der Waals surface area contributed by atoms with Crippen LogP contribution in [0.15, 0.2) is 24.3 Å². The van der Waals surface area contributed by atoms with E-state index in [-0.39, 0.29) is 11.6 Å². The number of ketones is 2. The summed E-state index contributed by atoms with van der Waals surface area (Å²) >= 11 is -0.506. The first-order valence-electron chi connectivity index (χ1n) is 3.86. The fraction of sp³-hybridized carbons (Fsp3) is 0.100. The summed E-state index contributed by atoms with van der Waals surface area (Å²) in [6.45, 7) is 1.47. The Morgan fingerprint density at radius 1 is 1.31 bits per heavy atom. The molecular weight excluding hydrogens is 279 g/mol. The van der Waals surface area contributed by atoms with Crippen molar-refractivity contribution in [3.05, 3.63) is 33.4 Å². The Hall–Kier alpha value is -0.840. The van der Waals surface area contributed by atoms with Gasteiger partial charge in [0.25, 0.3) is 0 Å². The fourth-order valence-electron chi connectivity index (χ4n) is 1.22.